The van der Waals surface area contributed by atoms with E-state index in [9.17, 15) is 22.8 Å². The van der Waals surface area contributed by atoms with Crippen LogP contribution in [0, 0.1) is 0 Å². The minimum atomic E-state index is -4.00. The summed E-state index contributed by atoms with van der Waals surface area (Å²) in [6.07, 6.45) is 0. The van der Waals surface area contributed by atoms with Crippen LogP contribution in [0.4, 0.5) is 4.79 Å². The van der Waals surface area contributed by atoms with E-state index in [4.69, 9.17) is 16.3 Å². The van der Waals surface area contributed by atoms with Crippen molar-refractivity contribution in [3.63, 3.8) is 0 Å². The number of halogens is 1. The summed E-state index contributed by atoms with van der Waals surface area (Å²) in [6, 6.07) is 3.50. The van der Waals surface area contributed by atoms with Crippen LogP contribution < -0.4 is 15.4 Å². The molecule has 1 aromatic carbocycles. The molecule has 0 fully saturated rings. The number of sulfonamides is 1. The van der Waals surface area contributed by atoms with E-state index < -0.39 is 46.1 Å². The van der Waals surface area contributed by atoms with Crippen molar-refractivity contribution < 1.29 is 27.5 Å². The van der Waals surface area contributed by atoms with Crippen LogP contribution in [0.25, 0.3) is 0 Å². The first-order chi connectivity index (χ1) is 12.3. The van der Waals surface area contributed by atoms with Gasteiger partial charge in [0.2, 0.25) is 10.0 Å². The molecule has 0 aliphatic carbocycles. The minimum Gasteiger partial charge on any atom is -0.454 e. The largest absolute Gasteiger partial charge is 0.454 e. The maximum absolute atomic E-state index is 12.2. The van der Waals surface area contributed by atoms with E-state index in [2.05, 4.69) is 10.0 Å². The molecule has 9 nitrogen and oxygen atoms in total. The topological polar surface area (TPSA) is 131 Å². The van der Waals surface area contributed by atoms with Crippen LogP contribution >= 0.6 is 11.6 Å². The normalized spacial score (nSPS) is 12.8. The van der Waals surface area contributed by atoms with Gasteiger partial charge in [-0.15, -0.1) is 0 Å². The highest BCUT2D eigenvalue weighted by Gasteiger charge is 2.24. The summed E-state index contributed by atoms with van der Waals surface area (Å²) < 4.78 is 31.3. The Bertz CT molecular complexity index is 820. The predicted octanol–water partition coefficient (Wildman–Crippen LogP) is 1.17. The number of urea groups is 1. The molecule has 0 bridgehead atoms. The second kappa shape index (κ2) is 9.16. The Morgan fingerprint density at radius 2 is 1.85 bits per heavy atom. The van der Waals surface area contributed by atoms with Crippen molar-refractivity contribution in [1.82, 2.24) is 15.4 Å². The highest BCUT2D eigenvalue weighted by atomic mass is 35.5. The molecule has 0 aliphatic heterocycles. The molecule has 11 heteroatoms. The van der Waals surface area contributed by atoms with Crippen LogP contribution in [-0.2, 0) is 24.3 Å². The number of imide groups is 1. The van der Waals surface area contributed by atoms with Crippen LogP contribution in [0.1, 0.15) is 27.7 Å². The van der Waals surface area contributed by atoms with Gasteiger partial charge < -0.3 is 10.1 Å². The number of hydrogen-bond acceptors (Lipinski definition) is 6. The van der Waals surface area contributed by atoms with E-state index in [0.29, 0.717) is 0 Å². The SMILES string of the molecule is C[C@H](NS(=O)(=O)c1cccc(Cl)c1)C(=O)OCC(=O)NC(=O)NC(C)(C)C. The summed E-state index contributed by atoms with van der Waals surface area (Å²) >= 11 is 5.76. The van der Waals surface area contributed by atoms with Crippen molar-refractivity contribution in [2.24, 2.45) is 0 Å². The third-order valence-corrected chi connectivity index (χ3v) is 4.65. The van der Waals surface area contributed by atoms with Gasteiger partial charge in [-0.05, 0) is 45.9 Å². The van der Waals surface area contributed by atoms with Crippen LogP contribution in [-0.4, -0.2) is 44.5 Å². The molecular formula is C16H22ClN3O6S. The number of rotatable bonds is 6. The highest BCUT2D eigenvalue weighted by Crippen LogP contribution is 2.15. The zero-order chi connectivity index (χ0) is 20.8. The molecule has 3 N–H and O–H groups in total. The number of nitrogens with one attached hydrogen (secondary N) is 3. The van der Waals surface area contributed by atoms with Crippen LogP contribution in [0.5, 0.6) is 0 Å². The van der Waals surface area contributed by atoms with Gasteiger partial charge in [0.15, 0.2) is 6.61 Å². The summed E-state index contributed by atoms with van der Waals surface area (Å²) in [6.45, 7) is 5.70. The number of carbonyl (C=O) groups is 3. The van der Waals surface area contributed by atoms with Crippen molar-refractivity contribution in [3.05, 3.63) is 29.3 Å². The van der Waals surface area contributed by atoms with E-state index >= 15 is 0 Å². The maximum atomic E-state index is 12.2. The van der Waals surface area contributed by atoms with Crippen molar-refractivity contribution in [2.75, 3.05) is 6.61 Å². The number of hydrogen-bond donors (Lipinski definition) is 3. The van der Waals surface area contributed by atoms with Crippen LogP contribution in [0.2, 0.25) is 5.02 Å². The number of carbonyl (C=O) groups excluding carboxylic acids is 3. The van der Waals surface area contributed by atoms with Gasteiger partial charge in [0, 0.05) is 10.6 Å². The molecule has 0 spiro atoms. The van der Waals surface area contributed by atoms with Crippen LogP contribution in [0.3, 0.4) is 0 Å². The Kier molecular flexibility index (Phi) is 7.76. The number of benzene rings is 1. The van der Waals surface area contributed by atoms with Crippen LogP contribution in [0.15, 0.2) is 29.2 Å². The molecule has 0 radical (unpaired) electrons. The molecule has 0 aromatic heterocycles. The fourth-order valence-corrected chi connectivity index (χ4v) is 3.27. The van der Waals surface area contributed by atoms with Crippen molar-refractivity contribution in [1.29, 1.82) is 0 Å². The molecular weight excluding hydrogens is 398 g/mol. The second-order valence-electron chi connectivity index (χ2n) is 6.66. The Morgan fingerprint density at radius 3 is 2.41 bits per heavy atom. The Balaban J connectivity index is 2.55. The smallest absolute Gasteiger partial charge is 0.324 e. The fraction of sp³-hybridized carbons (Fsp3) is 0.438. The first-order valence-corrected chi connectivity index (χ1v) is 9.73. The lowest BCUT2D eigenvalue weighted by Crippen LogP contribution is -2.49. The monoisotopic (exact) mass is 419 g/mol. The molecule has 0 aliphatic rings. The molecule has 27 heavy (non-hydrogen) atoms. The predicted molar refractivity (Wildman–Crippen MR) is 98.6 cm³/mol. The lowest BCUT2D eigenvalue weighted by molar-refractivity contribution is -0.149. The zero-order valence-electron chi connectivity index (χ0n) is 15.3. The standard InChI is InChI=1S/C16H22ClN3O6S/c1-10(20-27(24,25)12-7-5-6-11(17)8-12)14(22)26-9-13(21)18-15(23)19-16(2,3)4/h5-8,10,20H,9H2,1-4H3,(H2,18,19,21,23)/t10-/m0/s1. The van der Waals surface area contributed by atoms with Crippen molar-refractivity contribution in [2.45, 2.75) is 44.2 Å². The third-order valence-electron chi connectivity index (χ3n) is 2.88. The lowest BCUT2D eigenvalue weighted by atomic mass is 10.1. The average Bonchev–Trinajstić information content (AvgIpc) is 2.50. The van der Waals surface area contributed by atoms with Gasteiger partial charge in [0.25, 0.3) is 5.91 Å². The van der Waals surface area contributed by atoms with Crippen molar-refractivity contribution >= 4 is 39.5 Å². The van der Waals surface area contributed by atoms with Gasteiger partial charge in [-0.25, -0.2) is 13.2 Å². The Labute approximate surface area is 162 Å². The number of amides is 3. The van der Waals surface area contributed by atoms with Gasteiger partial charge in [-0.1, -0.05) is 17.7 Å². The fourth-order valence-electron chi connectivity index (χ4n) is 1.78. The molecule has 0 saturated heterocycles. The third kappa shape index (κ3) is 8.37. The quantitative estimate of drug-likeness (QED) is 0.593. The average molecular weight is 420 g/mol. The first kappa shape index (κ1) is 22.9. The summed E-state index contributed by atoms with van der Waals surface area (Å²) in [5.41, 5.74) is -0.547. The summed E-state index contributed by atoms with van der Waals surface area (Å²) in [4.78, 5) is 34.9. The molecule has 150 valence electrons. The van der Waals surface area contributed by atoms with Gasteiger partial charge >= 0.3 is 12.0 Å². The number of esters is 1. The number of ether oxygens (including phenoxy) is 1. The Morgan fingerprint density at radius 1 is 1.22 bits per heavy atom. The molecule has 0 unspecified atom stereocenters. The molecule has 3 amide bonds. The van der Waals surface area contributed by atoms with Gasteiger partial charge in [0.05, 0.1) is 4.90 Å². The van der Waals surface area contributed by atoms with Gasteiger partial charge in [-0.2, -0.15) is 4.72 Å². The first-order valence-electron chi connectivity index (χ1n) is 7.87. The van der Waals surface area contributed by atoms with Crippen molar-refractivity contribution in [3.8, 4) is 0 Å². The van der Waals surface area contributed by atoms with E-state index in [1.807, 2.05) is 5.32 Å². The molecule has 1 rings (SSSR count). The zero-order valence-corrected chi connectivity index (χ0v) is 16.9. The minimum absolute atomic E-state index is 0.119. The second-order valence-corrected chi connectivity index (χ2v) is 8.81. The Hall–Kier alpha value is -2.17. The van der Waals surface area contributed by atoms with E-state index in [1.54, 1.807) is 20.8 Å². The summed E-state index contributed by atoms with van der Waals surface area (Å²) in [5, 5.41) is 4.71. The molecule has 1 atom stereocenters. The van der Waals surface area contributed by atoms with E-state index in [0.717, 1.165) is 0 Å². The molecule has 0 heterocycles. The van der Waals surface area contributed by atoms with Gasteiger partial charge in [-0.3, -0.25) is 14.9 Å². The summed E-state index contributed by atoms with van der Waals surface area (Å²) in [7, 11) is -4.00. The highest BCUT2D eigenvalue weighted by molar-refractivity contribution is 7.89. The van der Waals surface area contributed by atoms with E-state index in [-0.39, 0.29) is 9.92 Å². The molecule has 0 saturated carbocycles. The summed E-state index contributed by atoms with van der Waals surface area (Å²) in [5.74, 6) is -1.83. The molecule has 1 aromatic rings. The lowest BCUT2D eigenvalue weighted by Gasteiger charge is -2.20. The van der Waals surface area contributed by atoms with E-state index in [1.165, 1.54) is 31.2 Å². The van der Waals surface area contributed by atoms with Gasteiger partial charge in [0.1, 0.15) is 6.04 Å². The maximum Gasteiger partial charge on any atom is 0.324 e.